The second kappa shape index (κ2) is 6.94. The zero-order valence-corrected chi connectivity index (χ0v) is 10.7. The fraction of sp³-hybridized carbons (Fsp3) is 0.500. The second-order valence-electron chi connectivity index (χ2n) is 4.30. The van der Waals surface area contributed by atoms with Gasteiger partial charge in [-0.2, -0.15) is 10.2 Å². The number of unbranched alkanes of at least 4 members (excludes halogenated alkanes) is 3. The molecule has 0 radical (unpaired) electrons. The van der Waals surface area contributed by atoms with Crippen molar-refractivity contribution < 1.29 is 4.79 Å². The van der Waals surface area contributed by atoms with Gasteiger partial charge in [0.1, 0.15) is 0 Å². The highest BCUT2D eigenvalue weighted by atomic mass is 16.1. The van der Waals surface area contributed by atoms with Crippen molar-refractivity contribution in [2.24, 2.45) is 0 Å². The summed E-state index contributed by atoms with van der Waals surface area (Å²) in [6.45, 7) is 7.37. The number of carbonyl (C=O) groups excluding carboxylic acids is 1. The summed E-state index contributed by atoms with van der Waals surface area (Å²) in [6, 6.07) is 1.83. The lowest BCUT2D eigenvalue weighted by atomic mass is 10.0. The van der Waals surface area contributed by atoms with Crippen LogP contribution in [0.2, 0.25) is 0 Å². The molecule has 0 unspecified atom stereocenters. The van der Waals surface area contributed by atoms with Crippen molar-refractivity contribution in [1.29, 1.82) is 0 Å². The van der Waals surface area contributed by atoms with Gasteiger partial charge >= 0.3 is 0 Å². The van der Waals surface area contributed by atoms with Gasteiger partial charge in [0.2, 0.25) is 0 Å². The number of carbonyl (C=O) groups is 1. The van der Waals surface area contributed by atoms with Gasteiger partial charge in [0.05, 0.1) is 11.4 Å². The number of Topliss-reactive ketones (excluding diaryl/α,β-unsaturated/α-hetero) is 1. The average molecular weight is 232 g/mol. The molecule has 0 bridgehead atoms. The number of hydrogen-bond acceptors (Lipinski definition) is 3. The van der Waals surface area contributed by atoms with Crippen LogP contribution in [0.15, 0.2) is 18.7 Å². The summed E-state index contributed by atoms with van der Waals surface area (Å²) >= 11 is 0. The van der Waals surface area contributed by atoms with E-state index in [1.807, 2.05) is 26.0 Å². The van der Waals surface area contributed by atoms with Gasteiger partial charge in [-0.25, -0.2) is 0 Å². The van der Waals surface area contributed by atoms with E-state index in [9.17, 15) is 4.79 Å². The summed E-state index contributed by atoms with van der Waals surface area (Å²) in [6.07, 6.45) is 6.68. The number of ketones is 1. The predicted octanol–water partition coefficient (Wildman–Crippen LogP) is 3.41. The van der Waals surface area contributed by atoms with E-state index in [1.54, 1.807) is 0 Å². The molecule has 1 aromatic rings. The third-order valence-corrected chi connectivity index (χ3v) is 2.71. The number of aryl methyl sites for hydroxylation is 2. The van der Waals surface area contributed by atoms with Crippen LogP contribution in [0.5, 0.6) is 0 Å². The predicted molar refractivity (Wildman–Crippen MR) is 69.1 cm³/mol. The molecule has 0 atom stereocenters. The van der Waals surface area contributed by atoms with E-state index in [0.29, 0.717) is 6.42 Å². The summed E-state index contributed by atoms with van der Waals surface area (Å²) in [5.41, 5.74) is 2.25. The van der Waals surface area contributed by atoms with Gasteiger partial charge in [0.25, 0.3) is 0 Å². The molecule has 0 saturated heterocycles. The van der Waals surface area contributed by atoms with Crippen LogP contribution in [-0.4, -0.2) is 16.0 Å². The molecule has 0 aliphatic rings. The molecule has 1 rings (SSSR count). The number of rotatable bonds is 7. The summed E-state index contributed by atoms with van der Waals surface area (Å²) in [5, 5.41) is 7.90. The molecule has 0 amide bonds. The summed E-state index contributed by atoms with van der Waals surface area (Å²) < 4.78 is 0. The van der Waals surface area contributed by atoms with Gasteiger partial charge in [-0.05, 0) is 39.2 Å². The SMILES string of the molecule is C=CCCCCCC(=O)c1cc(C)nnc1C. The van der Waals surface area contributed by atoms with Gasteiger partial charge < -0.3 is 0 Å². The molecule has 0 aliphatic carbocycles. The van der Waals surface area contributed by atoms with Crippen LogP contribution in [0, 0.1) is 13.8 Å². The Bertz CT molecular complexity index is 399. The average Bonchev–Trinajstić information content (AvgIpc) is 2.32. The smallest absolute Gasteiger partial charge is 0.164 e. The maximum Gasteiger partial charge on any atom is 0.164 e. The lowest BCUT2D eigenvalue weighted by molar-refractivity contribution is 0.0978. The van der Waals surface area contributed by atoms with Crippen LogP contribution in [0.1, 0.15) is 53.8 Å². The van der Waals surface area contributed by atoms with Crippen LogP contribution in [0.4, 0.5) is 0 Å². The van der Waals surface area contributed by atoms with Crippen LogP contribution in [0.25, 0.3) is 0 Å². The Morgan fingerprint density at radius 3 is 2.76 bits per heavy atom. The van der Waals surface area contributed by atoms with Crippen molar-refractivity contribution in [3.8, 4) is 0 Å². The van der Waals surface area contributed by atoms with Crippen molar-refractivity contribution in [2.75, 3.05) is 0 Å². The molecule has 3 nitrogen and oxygen atoms in total. The lowest BCUT2D eigenvalue weighted by Crippen LogP contribution is -2.05. The van der Waals surface area contributed by atoms with E-state index in [-0.39, 0.29) is 5.78 Å². The first-order chi connectivity index (χ1) is 8.15. The van der Waals surface area contributed by atoms with Gasteiger partial charge in [0, 0.05) is 12.0 Å². The molecule has 0 aromatic carbocycles. The Morgan fingerprint density at radius 1 is 1.29 bits per heavy atom. The molecule has 1 aromatic heterocycles. The monoisotopic (exact) mass is 232 g/mol. The van der Waals surface area contributed by atoms with E-state index in [0.717, 1.165) is 42.6 Å². The fourth-order valence-electron chi connectivity index (χ4n) is 1.72. The first-order valence-electron chi connectivity index (χ1n) is 6.10. The first kappa shape index (κ1) is 13.6. The van der Waals surface area contributed by atoms with Crippen molar-refractivity contribution >= 4 is 5.78 Å². The van der Waals surface area contributed by atoms with Crippen LogP contribution in [0.3, 0.4) is 0 Å². The Kier molecular flexibility index (Phi) is 5.53. The van der Waals surface area contributed by atoms with E-state index in [1.165, 1.54) is 0 Å². The molecular formula is C14H20N2O. The Balaban J connectivity index is 2.46. The van der Waals surface area contributed by atoms with Crippen molar-refractivity contribution in [3.63, 3.8) is 0 Å². The molecule has 0 N–H and O–H groups in total. The number of allylic oxidation sites excluding steroid dienone is 1. The van der Waals surface area contributed by atoms with E-state index in [4.69, 9.17) is 0 Å². The minimum atomic E-state index is 0.180. The standard InChI is InChI=1S/C14H20N2O/c1-4-5-6-7-8-9-14(17)13-10-11(2)15-16-12(13)3/h4,10H,1,5-9H2,2-3H3. The largest absolute Gasteiger partial charge is 0.294 e. The Labute approximate surface area is 103 Å². The molecular weight excluding hydrogens is 212 g/mol. The fourth-order valence-corrected chi connectivity index (χ4v) is 1.72. The second-order valence-corrected chi connectivity index (χ2v) is 4.30. The highest BCUT2D eigenvalue weighted by molar-refractivity contribution is 5.96. The van der Waals surface area contributed by atoms with Crippen molar-refractivity contribution in [1.82, 2.24) is 10.2 Å². The highest BCUT2D eigenvalue weighted by Gasteiger charge is 2.10. The van der Waals surface area contributed by atoms with Gasteiger partial charge in [-0.15, -0.1) is 6.58 Å². The minimum Gasteiger partial charge on any atom is -0.294 e. The molecule has 92 valence electrons. The van der Waals surface area contributed by atoms with E-state index >= 15 is 0 Å². The molecule has 0 saturated carbocycles. The Hall–Kier alpha value is -1.51. The minimum absolute atomic E-state index is 0.180. The maximum atomic E-state index is 12.0. The maximum absolute atomic E-state index is 12.0. The van der Waals surface area contributed by atoms with E-state index < -0.39 is 0 Å². The molecule has 0 spiro atoms. The first-order valence-corrected chi connectivity index (χ1v) is 6.10. The van der Waals surface area contributed by atoms with Crippen LogP contribution in [-0.2, 0) is 0 Å². The summed E-state index contributed by atoms with van der Waals surface area (Å²) in [4.78, 5) is 12.0. The number of aromatic nitrogens is 2. The van der Waals surface area contributed by atoms with E-state index in [2.05, 4.69) is 16.8 Å². The van der Waals surface area contributed by atoms with Gasteiger partial charge in [0.15, 0.2) is 5.78 Å². The normalized spacial score (nSPS) is 10.2. The van der Waals surface area contributed by atoms with Gasteiger partial charge in [-0.3, -0.25) is 4.79 Å². The van der Waals surface area contributed by atoms with Crippen molar-refractivity contribution in [2.45, 2.75) is 46.0 Å². The summed E-state index contributed by atoms with van der Waals surface area (Å²) in [5.74, 6) is 0.180. The molecule has 17 heavy (non-hydrogen) atoms. The third-order valence-electron chi connectivity index (χ3n) is 2.71. The van der Waals surface area contributed by atoms with Crippen LogP contribution < -0.4 is 0 Å². The van der Waals surface area contributed by atoms with Crippen molar-refractivity contribution in [3.05, 3.63) is 35.7 Å². The highest BCUT2D eigenvalue weighted by Crippen LogP contribution is 2.12. The lowest BCUT2D eigenvalue weighted by Gasteiger charge is -2.04. The summed E-state index contributed by atoms with van der Waals surface area (Å²) in [7, 11) is 0. The molecule has 3 heteroatoms. The van der Waals surface area contributed by atoms with Crippen LogP contribution >= 0.6 is 0 Å². The zero-order valence-electron chi connectivity index (χ0n) is 10.7. The zero-order chi connectivity index (χ0) is 12.7. The molecule has 0 aliphatic heterocycles. The van der Waals surface area contributed by atoms with Gasteiger partial charge in [-0.1, -0.05) is 12.5 Å². The molecule has 1 heterocycles. The number of nitrogens with zero attached hydrogens (tertiary/aromatic N) is 2. The Morgan fingerprint density at radius 2 is 2.06 bits per heavy atom. The topological polar surface area (TPSA) is 42.9 Å². The molecule has 0 fully saturated rings. The number of hydrogen-bond donors (Lipinski definition) is 0. The third kappa shape index (κ3) is 4.47. The quantitative estimate of drug-likeness (QED) is 0.411.